The summed E-state index contributed by atoms with van der Waals surface area (Å²) in [6.45, 7) is 3.86. The Hall–Kier alpha value is -1.89. The second-order valence-electron chi connectivity index (χ2n) is 5.97. The molecule has 0 heterocycles. The van der Waals surface area contributed by atoms with Gasteiger partial charge in [0.25, 0.3) is 0 Å². The van der Waals surface area contributed by atoms with Crippen LogP contribution < -0.4 is 5.32 Å². The van der Waals surface area contributed by atoms with Gasteiger partial charge in [-0.15, -0.1) is 0 Å². The number of carbonyl (C=O) groups is 2. The van der Waals surface area contributed by atoms with Crippen LogP contribution >= 0.6 is 0 Å². The lowest BCUT2D eigenvalue weighted by Crippen LogP contribution is -2.52. The monoisotopic (exact) mass is 327 g/mol. The molecular weight excluding hydrogens is 306 g/mol. The minimum atomic E-state index is -3.61. The standard InChI is InChI=1S/C15H21NO5S/c1-14(2,22(4,20)21)12(17)16-10-15(3,13(18)19)11-8-6-5-7-9-11/h5-9H,10H2,1-4H3,(H,16,17)(H,18,19). The van der Waals surface area contributed by atoms with E-state index in [9.17, 15) is 23.1 Å². The molecule has 122 valence electrons. The predicted molar refractivity (Wildman–Crippen MR) is 83.4 cm³/mol. The molecule has 0 aliphatic carbocycles. The van der Waals surface area contributed by atoms with Crippen molar-refractivity contribution in [1.82, 2.24) is 5.32 Å². The van der Waals surface area contributed by atoms with Crippen molar-refractivity contribution in [3.63, 3.8) is 0 Å². The van der Waals surface area contributed by atoms with Crippen molar-refractivity contribution >= 4 is 21.7 Å². The highest BCUT2D eigenvalue weighted by atomic mass is 32.2. The van der Waals surface area contributed by atoms with Crippen LogP contribution in [-0.2, 0) is 24.8 Å². The molecule has 1 aromatic rings. The molecule has 7 heteroatoms. The quantitative estimate of drug-likeness (QED) is 0.811. The molecule has 1 rings (SSSR count). The van der Waals surface area contributed by atoms with Crippen LogP contribution in [0, 0.1) is 0 Å². The Bertz CT molecular complexity index is 666. The third-order valence-electron chi connectivity index (χ3n) is 3.96. The Morgan fingerprint density at radius 1 is 1.14 bits per heavy atom. The Morgan fingerprint density at radius 3 is 2.05 bits per heavy atom. The van der Waals surface area contributed by atoms with E-state index in [-0.39, 0.29) is 6.54 Å². The second kappa shape index (κ2) is 6.08. The number of benzene rings is 1. The van der Waals surface area contributed by atoms with Crippen LogP contribution in [0.1, 0.15) is 26.3 Å². The summed E-state index contributed by atoms with van der Waals surface area (Å²) in [4.78, 5) is 23.7. The molecule has 0 aliphatic rings. The third-order valence-corrected chi connectivity index (χ3v) is 6.00. The Kier molecular flexibility index (Phi) is 5.02. The average Bonchev–Trinajstić information content (AvgIpc) is 2.43. The van der Waals surface area contributed by atoms with Gasteiger partial charge in [0.15, 0.2) is 9.84 Å². The Labute approximate surface area is 130 Å². The maximum atomic E-state index is 12.1. The minimum absolute atomic E-state index is 0.204. The first kappa shape index (κ1) is 18.2. The number of amides is 1. The summed E-state index contributed by atoms with van der Waals surface area (Å²) in [6, 6.07) is 8.48. The number of carboxylic acid groups (broad SMARTS) is 1. The molecule has 0 saturated heterocycles. The van der Waals surface area contributed by atoms with Crippen LogP contribution in [0.25, 0.3) is 0 Å². The molecule has 22 heavy (non-hydrogen) atoms. The lowest BCUT2D eigenvalue weighted by atomic mass is 9.82. The van der Waals surface area contributed by atoms with Crippen LogP contribution in [0.3, 0.4) is 0 Å². The Morgan fingerprint density at radius 2 is 1.64 bits per heavy atom. The highest BCUT2D eigenvalue weighted by Crippen LogP contribution is 2.24. The first-order chi connectivity index (χ1) is 9.93. The van der Waals surface area contributed by atoms with Crippen LogP contribution in [0.4, 0.5) is 0 Å². The van der Waals surface area contributed by atoms with Gasteiger partial charge in [0.05, 0.1) is 0 Å². The largest absolute Gasteiger partial charge is 0.481 e. The molecule has 0 saturated carbocycles. The molecular formula is C15H21NO5S. The van der Waals surface area contributed by atoms with E-state index in [1.165, 1.54) is 20.8 Å². The van der Waals surface area contributed by atoms with E-state index in [1.54, 1.807) is 30.3 Å². The summed E-state index contributed by atoms with van der Waals surface area (Å²) in [5.74, 6) is -1.82. The van der Waals surface area contributed by atoms with E-state index in [0.717, 1.165) is 6.26 Å². The maximum Gasteiger partial charge on any atom is 0.315 e. The van der Waals surface area contributed by atoms with Crippen LogP contribution in [0.5, 0.6) is 0 Å². The summed E-state index contributed by atoms with van der Waals surface area (Å²) in [7, 11) is -3.61. The fraction of sp³-hybridized carbons (Fsp3) is 0.467. The lowest BCUT2D eigenvalue weighted by Gasteiger charge is -2.28. The van der Waals surface area contributed by atoms with Gasteiger partial charge in [-0.1, -0.05) is 30.3 Å². The van der Waals surface area contributed by atoms with Crippen LogP contribution in [-0.4, -0.2) is 42.9 Å². The van der Waals surface area contributed by atoms with Gasteiger partial charge in [0.1, 0.15) is 10.2 Å². The number of rotatable bonds is 6. The summed E-state index contributed by atoms with van der Waals surface area (Å²) in [5, 5.41) is 11.9. The van der Waals surface area contributed by atoms with Gasteiger partial charge in [0.2, 0.25) is 5.91 Å². The summed E-state index contributed by atoms with van der Waals surface area (Å²) < 4.78 is 21.7. The summed E-state index contributed by atoms with van der Waals surface area (Å²) in [5.41, 5.74) is -0.815. The topological polar surface area (TPSA) is 101 Å². The lowest BCUT2D eigenvalue weighted by molar-refractivity contribution is -0.143. The number of hydrogen-bond donors (Lipinski definition) is 2. The van der Waals surface area contributed by atoms with Gasteiger partial charge in [-0.05, 0) is 26.3 Å². The Balaban J connectivity index is 3.01. The van der Waals surface area contributed by atoms with E-state index in [1.807, 2.05) is 0 Å². The molecule has 0 radical (unpaired) electrons. The van der Waals surface area contributed by atoms with Gasteiger partial charge < -0.3 is 10.4 Å². The van der Waals surface area contributed by atoms with Crippen molar-refractivity contribution in [3.05, 3.63) is 35.9 Å². The molecule has 0 fully saturated rings. The first-order valence-corrected chi connectivity index (χ1v) is 8.59. The number of sulfone groups is 1. The summed E-state index contributed by atoms with van der Waals surface area (Å²) in [6.07, 6.45) is 0.972. The highest BCUT2D eigenvalue weighted by Gasteiger charge is 2.41. The number of aliphatic carboxylic acids is 1. The maximum absolute atomic E-state index is 12.1. The van der Waals surface area contributed by atoms with Gasteiger partial charge in [-0.25, -0.2) is 8.42 Å². The third kappa shape index (κ3) is 3.47. The van der Waals surface area contributed by atoms with Gasteiger partial charge in [-0.3, -0.25) is 9.59 Å². The van der Waals surface area contributed by atoms with Gasteiger partial charge >= 0.3 is 5.97 Å². The molecule has 1 unspecified atom stereocenters. The van der Waals surface area contributed by atoms with E-state index in [0.29, 0.717) is 5.56 Å². The van der Waals surface area contributed by atoms with Crippen molar-refractivity contribution in [1.29, 1.82) is 0 Å². The molecule has 1 amide bonds. The van der Waals surface area contributed by atoms with E-state index in [2.05, 4.69) is 5.32 Å². The minimum Gasteiger partial charge on any atom is -0.481 e. The fourth-order valence-electron chi connectivity index (χ4n) is 1.75. The molecule has 1 atom stereocenters. The zero-order valence-corrected chi connectivity index (χ0v) is 13.9. The summed E-state index contributed by atoms with van der Waals surface area (Å²) >= 11 is 0. The average molecular weight is 327 g/mol. The van der Waals surface area contributed by atoms with Crippen molar-refractivity contribution in [2.45, 2.75) is 30.9 Å². The number of carboxylic acids is 1. The first-order valence-electron chi connectivity index (χ1n) is 6.70. The van der Waals surface area contributed by atoms with Gasteiger partial charge in [0, 0.05) is 12.8 Å². The normalized spacial score (nSPS) is 14.9. The van der Waals surface area contributed by atoms with Crippen molar-refractivity contribution in [3.8, 4) is 0 Å². The molecule has 2 N–H and O–H groups in total. The van der Waals surface area contributed by atoms with Crippen LogP contribution in [0.2, 0.25) is 0 Å². The number of hydrogen-bond acceptors (Lipinski definition) is 4. The molecule has 6 nitrogen and oxygen atoms in total. The molecule has 0 aromatic heterocycles. The number of nitrogens with one attached hydrogen (secondary N) is 1. The molecule has 0 bridgehead atoms. The highest BCUT2D eigenvalue weighted by molar-refractivity contribution is 7.92. The molecule has 0 spiro atoms. The number of carbonyl (C=O) groups excluding carboxylic acids is 1. The van der Waals surface area contributed by atoms with E-state index >= 15 is 0 Å². The predicted octanol–water partition coefficient (Wildman–Crippen LogP) is 0.968. The van der Waals surface area contributed by atoms with Crippen molar-refractivity contribution in [2.24, 2.45) is 0 Å². The van der Waals surface area contributed by atoms with E-state index in [4.69, 9.17) is 0 Å². The zero-order valence-electron chi connectivity index (χ0n) is 13.1. The van der Waals surface area contributed by atoms with Crippen LogP contribution in [0.15, 0.2) is 30.3 Å². The molecule has 0 aliphatic heterocycles. The van der Waals surface area contributed by atoms with E-state index < -0.39 is 31.9 Å². The fourth-order valence-corrected chi connectivity index (χ4v) is 2.15. The van der Waals surface area contributed by atoms with Crippen molar-refractivity contribution in [2.75, 3.05) is 12.8 Å². The second-order valence-corrected chi connectivity index (χ2v) is 8.53. The zero-order chi connectivity index (χ0) is 17.2. The van der Waals surface area contributed by atoms with Gasteiger partial charge in [-0.2, -0.15) is 0 Å². The molecule has 1 aromatic carbocycles. The van der Waals surface area contributed by atoms with Crippen molar-refractivity contribution < 1.29 is 23.1 Å². The SMILES string of the molecule is CC(CNC(=O)C(C)(C)S(C)(=O)=O)(C(=O)O)c1ccccc1. The smallest absolute Gasteiger partial charge is 0.315 e.